The molecule has 0 atom stereocenters. The number of ketones is 1. The number of allylic oxidation sites excluding steroid dienone is 1. The number of carbonyl (C=O) groups is 1. The van der Waals surface area contributed by atoms with Crippen molar-refractivity contribution in [3.8, 4) is 0 Å². The summed E-state index contributed by atoms with van der Waals surface area (Å²) in [6.45, 7) is 4.10. The molecule has 0 spiro atoms. The fourth-order valence-electron chi connectivity index (χ4n) is 1.82. The molecule has 0 aromatic heterocycles. The predicted octanol–water partition coefficient (Wildman–Crippen LogP) is 4.80. The lowest BCUT2D eigenvalue weighted by atomic mass is 10.0. The van der Waals surface area contributed by atoms with Crippen LogP contribution in [0.15, 0.2) is 48.5 Å². The highest BCUT2D eigenvalue weighted by Gasteiger charge is 2.01. The molecular formula is C17H15IO. The van der Waals surface area contributed by atoms with E-state index in [4.69, 9.17) is 0 Å². The SMILES string of the molecule is Cc1ccc(C)c(C=CC(=O)c2ccc(I)cc2)c1. The first-order valence-electron chi connectivity index (χ1n) is 6.11. The molecule has 0 N–H and O–H groups in total. The summed E-state index contributed by atoms with van der Waals surface area (Å²) in [7, 11) is 0. The van der Waals surface area contributed by atoms with Gasteiger partial charge in [-0.1, -0.05) is 42.0 Å². The van der Waals surface area contributed by atoms with Gasteiger partial charge in [0.2, 0.25) is 0 Å². The molecular weight excluding hydrogens is 347 g/mol. The Morgan fingerprint density at radius 1 is 1.05 bits per heavy atom. The Balaban J connectivity index is 2.20. The third-order valence-corrected chi connectivity index (χ3v) is 3.70. The first-order valence-corrected chi connectivity index (χ1v) is 7.19. The number of aryl methyl sites for hydroxylation is 2. The van der Waals surface area contributed by atoms with Crippen LogP contribution in [0.4, 0.5) is 0 Å². The van der Waals surface area contributed by atoms with Crippen molar-refractivity contribution in [3.63, 3.8) is 0 Å². The molecule has 2 aromatic rings. The number of benzene rings is 2. The maximum absolute atomic E-state index is 12.0. The molecule has 0 radical (unpaired) electrons. The van der Waals surface area contributed by atoms with E-state index < -0.39 is 0 Å². The summed E-state index contributed by atoms with van der Waals surface area (Å²) in [6, 6.07) is 13.8. The number of hydrogen-bond donors (Lipinski definition) is 0. The first kappa shape index (κ1) is 14.0. The van der Waals surface area contributed by atoms with Crippen molar-refractivity contribution in [2.75, 3.05) is 0 Å². The van der Waals surface area contributed by atoms with E-state index in [0.717, 1.165) is 14.7 Å². The molecule has 0 bridgehead atoms. The Bertz CT molecular complexity index is 624. The maximum atomic E-state index is 12.0. The molecule has 2 rings (SSSR count). The van der Waals surface area contributed by atoms with Gasteiger partial charge in [0.15, 0.2) is 5.78 Å². The fraction of sp³-hybridized carbons (Fsp3) is 0.118. The van der Waals surface area contributed by atoms with E-state index in [2.05, 4.69) is 54.6 Å². The van der Waals surface area contributed by atoms with Crippen LogP contribution in [0.25, 0.3) is 6.08 Å². The van der Waals surface area contributed by atoms with E-state index in [0.29, 0.717) is 0 Å². The number of carbonyl (C=O) groups excluding carboxylic acids is 1. The number of rotatable bonds is 3. The molecule has 0 fully saturated rings. The topological polar surface area (TPSA) is 17.1 Å². The number of halogens is 1. The minimum atomic E-state index is 0.0392. The fourth-order valence-corrected chi connectivity index (χ4v) is 2.17. The van der Waals surface area contributed by atoms with Gasteiger partial charge in [-0.25, -0.2) is 0 Å². The summed E-state index contributed by atoms with van der Waals surface area (Å²) in [5, 5.41) is 0. The van der Waals surface area contributed by atoms with E-state index in [1.165, 1.54) is 11.1 Å². The first-order chi connectivity index (χ1) is 9.06. The highest BCUT2D eigenvalue weighted by atomic mass is 127. The van der Waals surface area contributed by atoms with Crippen LogP contribution in [0.3, 0.4) is 0 Å². The second-order valence-corrected chi connectivity index (χ2v) is 5.81. The normalized spacial score (nSPS) is 10.9. The molecule has 0 amide bonds. The van der Waals surface area contributed by atoms with Crippen LogP contribution in [0.1, 0.15) is 27.0 Å². The van der Waals surface area contributed by atoms with E-state index in [-0.39, 0.29) is 5.78 Å². The van der Waals surface area contributed by atoms with Crippen molar-refractivity contribution in [1.29, 1.82) is 0 Å². The molecule has 0 aliphatic rings. The lowest BCUT2D eigenvalue weighted by molar-refractivity contribution is 0.104. The molecule has 2 heteroatoms. The molecule has 19 heavy (non-hydrogen) atoms. The lowest BCUT2D eigenvalue weighted by Gasteiger charge is -2.01. The quantitative estimate of drug-likeness (QED) is 0.435. The average Bonchev–Trinajstić information content (AvgIpc) is 2.40. The van der Waals surface area contributed by atoms with Crippen molar-refractivity contribution in [2.45, 2.75) is 13.8 Å². The summed E-state index contributed by atoms with van der Waals surface area (Å²) in [4.78, 5) is 12.0. The van der Waals surface area contributed by atoms with E-state index in [9.17, 15) is 4.79 Å². The van der Waals surface area contributed by atoms with Crippen molar-refractivity contribution in [3.05, 3.63) is 74.4 Å². The van der Waals surface area contributed by atoms with Crippen molar-refractivity contribution in [1.82, 2.24) is 0 Å². The minimum Gasteiger partial charge on any atom is -0.289 e. The highest BCUT2D eigenvalue weighted by molar-refractivity contribution is 14.1. The van der Waals surface area contributed by atoms with E-state index in [1.54, 1.807) is 6.08 Å². The smallest absolute Gasteiger partial charge is 0.185 e. The van der Waals surface area contributed by atoms with Crippen molar-refractivity contribution >= 4 is 34.5 Å². The van der Waals surface area contributed by atoms with Gasteiger partial charge in [0.05, 0.1) is 0 Å². The summed E-state index contributed by atoms with van der Waals surface area (Å²) in [6.07, 6.45) is 3.53. The van der Waals surface area contributed by atoms with E-state index >= 15 is 0 Å². The summed E-state index contributed by atoms with van der Waals surface area (Å²) < 4.78 is 1.13. The Morgan fingerprint density at radius 2 is 1.74 bits per heavy atom. The second-order valence-electron chi connectivity index (χ2n) is 4.56. The van der Waals surface area contributed by atoms with Crippen LogP contribution in [0, 0.1) is 17.4 Å². The summed E-state index contributed by atoms with van der Waals surface area (Å²) >= 11 is 2.23. The van der Waals surface area contributed by atoms with Crippen LogP contribution < -0.4 is 0 Å². The molecule has 0 aliphatic heterocycles. The van der Waals surface area contributed by atoms with Gasteiger partial charge < -0.3 is 0 Å². The van der Waals surface area contributed by atoms with Crippen LogP contribution in [-0.2, 0) is 0 Å². The van der Waals surface area contributed by atoms with Gasteiger partial charge in [-0.15, -0.1) is 0 Å². The molecule has 1 nitrogen and oxygen atoms in total. The van der Waals surface area contributed by atoms with Gasteiger partial charge in [0, 0.05) is 9.13 Å². The Labute approximate surface area is 127 Å². The van der Waals surface area contributed by atoms with Crippen LogP contribution in [0.2, 0.25) is 0 Å². The largest absolute Gasteiger partial charge is 0.289 e. The highest BCUT2D eigenvalue weighted by Crippen LogP contribution is 2.13. The van der Waals surface area contributed by atoms with Crippen molar-refractivity contribution < 1.29 is 4.79 Å². The van der Waals surface area contributed by atoms with Crippen LogP contribution in [0.5, 0.6) is 0 Å². The van der Waals surface area contributed by atoms with Gasteiger partial charge in [-0.3, -0.25) is 4.79 Å². The zero-order valence-electron chi connectivity index (χ0n) is 11.0. The van der Waals surface area contributed by atoms with Crippen molar-refractivity contribution in [2.24, 2.45) is 0 Å². The average molecular weight is 362 g/mol. The molecule has 96 valence electrons. The maximum Gasteiger partial charge on any atom is 0.185 e. The summed E-state index contributed by atoms with van der Waals surface area (Å²) in [5.74, 6) is 0.0392. The molecule has 0 aliphatic carbocycles. The molecule has 0 unspecified atom stereocenters. The Kier molecular flexibility index (Phi) is 4.53. The third-order valence-electron chi connectivity index (χ3n) is 2.98. The Hall–Kier alpha value is -1.42. The minimum absolute atomic E-state index is 0.0392. The van der Waals surface area contributed by atoms with Gasteiger partial charge >= 0.3 is 0 Å². The van der Waals surface area contributed by atoms with Gasteiger partial charge in [-0.2, -0.15) is 0 Å². The Morgan fingerprint density at radius 3 is 2.42 bits per heavy atom. The third kappa shape index (κ3) is 3.77. The zero-order valence-corrected chi connectivity index (χ0v) is 13.1. The molecule has 0 saturated heterocycles. The molecule has 2 aromatic carbocycles. The lowest BCUT2D eigenvalue weighted by Crippen LogP contribution is -1.94. The van der Waals surface area contributed by atoms with Gasteiger partial charge in [0.25, 0.3) is 0 Å². The van der Waals surface area contributed by atoms with E-state index in [1.807, 2.05) is 30.3 Å². The molecule has 0 heterocycles. The predicted molar refractivity (Wildman–Crippen MR) is 88.4 cm³/mol. The summed E-state index contributed by atoms with van der Waals surface area (Å²) in [5.41, 5.74) is 4.20. The number of hydrogen-bond acceptors (Lipinski definition) is 1. The van der Waals surface area contributed by atoms with Crippen LogP contribution in [-0.4, -0.2) is 5.78 Å². The standard InChI is InChI=1S/C17H15IO/c1-12-3-4-13(2)15(11-12)7-10-17(19)14-5-8-16(18)9-6-14/h3-11H,1-2H3. The van der Waals surface area contributed by atoms with Gasteiger partial charge in [-0.05, 0) is 65.8 Å². The van der Waals surface area contributed by atoms with Gasteiger partial charge in [0.1, 0.15) is 0 Å². The molecule has 0 saturated carbocycles. The van der Waals surface area contributed by atoms with Crippen LogP contribution >= 0.6 is 22.6 Å². The zero-order chi connectivity index (χ0) is 13.8. The second kappa shape index (κ2) is 6.15. The monoisotopic (exact) mass is 362 g/mol.